The Morgan fingerprint density at radius 3 is 2.82 bits per heavy atom. The standard InChI is InChI=1S/C6H14N2O2S/c1-3-8-6(7)11-10-5-4-9-2/h3-5H2,1-2H3,(H2,7,8). The van der Waals surface area contributed by atoms with Crippen LogP contribution in [0, 0.1) is 0 Å². The van der Waals surface area contributed by atoms with E-state index in [4.69, 9.17) is 14.7 Å². The van der Waals surface area contributed by atoms with Crippen molar-refractivity contribution < 1.29 is 8.92 Å². The lowest BCUT2D eigenvalue weighted by molar-refractivity contribution is 0.158. The Kier molecular flexibility index (Phi) is 7.66. The third-order valence-electron chi connectivity index (χ3n) is 0.829. The zero-order chi connectivity index (χ0) is 8.53. The molecule has 0 fully saturated rings. The number of aliphatic imine (C=N–C) groups is 1. The summed E-state index contributed by atoms with van der Waals surface area (Å²) in [5.74, 6) is 0. The summed E-state index contributed by atoms with van der Waals surface area (Å²) in [4.78, 5) is 3.91. The van der Waals surface area contributed by atoms with Crippen molar-refractivity contribution in [1.82, 2.24) is 0 Å². The van der Waals surface area contributed by atoms with Gasteiger partial charge < -0.3 is 14.7 Å². The summed E-state index contributed by atoms with van der Waals surface area (Å²) in [6.45, 7) is 3.71. The highest BCUT2D eigenvalue weighted by molar-refractivity contribution is 8.09. The van der Waals surface area contributed by atoms with Crippen LogP contribution in [0.3, 0.4) is 0 Å². The van der Waals surface area contributed by atoms with E-state index in [1.807, 2.05) is 6.92 Å². The van der Waals surface area contributed by atoms with Gasteiger partial charge in [-0.2, -0.15) is 0 Å². The van der Waals surface area contributed by atoms with Crippen molar-refractivity contribution in [3.63, 3.8) is 0 Å². The van der Waals surface area contributed by atoms with Crippen molar-refractivity contribution >= 4 is 17.2 Å². The highest BCUT2D eigenvalue weighted by Crippen LogP contribution is 2.00. The van der Waals surface area contributed by atoms with E-state index >= 15 is 0 Å². The zero-order valence-electron chi connectivity index (χ0n) is 6.87. The average molecular weight is 178 g/mol. The van der Waals surface area contributed by atoms with Crippen LogP contribution in [0.15, 0.2) is 4.99 Å². The highest BCUT2D eigenvalue weighted by atomic mass is 32.2. The molecule has 5 heteroatoms. The Morgan fingerprint density at radius 2 is 2.27 bits per heavy atom. The van der Waals surface area contributed by atoms with Crippen LogP contribution in [0.5, 0.6) is 0 Å². The molecular formula is C6H14N2O2S. The van der Waals surface area contributed by atoms with Crippen LogP contribution in [0.1, 0.15) is 6.92 Å². The summed E-state index contributed by atoms with van der Waals surface area (Å²) >= 11 is 1.09. The first-order chi connectivity index (χ1) is 5.31. The Balaban J connectivity index is 3.17. The maximum absolute atomic E-state index is 5.41. The first kappa shape index (κ1) is 10.7. The van der Waals surface area contributed by atoms with Gasteiger partial charge in [0.15, 0.2) is 5.17 Å². The smallest absolute Gasteiger partial charge is 0.181 e. The fourth-order valence-corrected chi connectivity index (χ4v) is 0.856. The topological polar surface area (TPSA) is 56.8 Å². The van der Waals surface area contributed by atoms with Crippen LogP contribution in [-0.4, -0.2) is 32.0 Å². The molecule has 0 bridgehead atoms. The minimum atomic E-state index is 0.462. The van der Waals surface area contributed by atoms with E-state index < -0.39 is 0 Å². The molecule has 11 heavy (non-hydrogen) atoms. The van der Waals surface area contributed by atoms with Crippen LogP contribution in [-0.2, 0) is 8.92 Å². The van der Waals surface area contributed by atoms with Gasteiger partial charge in [0.05, 0.1) is 25.3 Å². The lowest BCUT2D eigenvalue weighted by atomic mass is 10.8. The van der Waals surface area contributed by atoms with E-state index in [0.717, 1.165) is 12.0 Å². The van der Waals surface area contributed by atoms with E-state index in [0.29, 0.717) is 24.9 Å². The van der Waals surface area contributed by atoms with Gasteiger partial charge in [-0.3, -0.25) is 4.99 Å². The van der Waals surface area contributed by atoms with E-state index in [1.54, 1.807) is 7.11 Å². The number of hydrogen-bond acceptors (Lipinski definition) is 4. The van der Waals surface area contributed by atoms with Gasteiger partial charge >= 0.3 is 0 Å². The second kappa shape index (κ2) is 7.84. The Bertz CT molecular complexity index is 119. The van der Waals surface area contributed by atoms with Crippen molar-refractivity contribution in [3.8, 4) is 0 Å². The fraction of sp³-hybridized carbons (Fsp3) is 0.833. The molecule has 0 saturated carbocycles. The fourth-order valence-electron chi connectivity index (χ4n) is 0.402. The Labute approximate surface area is 71.4 Å². The largest absolute Gasteiger partial charge is 0.382 e. The van der Waals surface area contributed by atoms with Gasteiger partial charge in [-0.25, -0.2) is 0 Å². The third-order valence-corrected chi connectivity index (χ3v) is 1.41. The number of hydrogen-bond donors (Lipinski definition) is 1. The molecular weight excluding hydrogens is 164 g/mol. The zero-order valence-corrected chi connectivity index (χ0v) is 7.69. The van der Waals surface area contributed by atoms with Crippen molar-refractivity contribution in [3.05, 3.63) is 0 Å². The SMILES string of the molecule is CCN=C(N)SOCCOC. The van der Waals surface area contributed by atoms with E-state index in [2.05, 4.69) is 4.99 Å². The molecule has 2 N–H and O–H groups in total. The summed E-state index contributed by atoms with van der Waals surface area (Å²) in [5, 5.41) is 0.462. The van der Waals surface area contributed by atoms with Crippen molar-refractivity contribution in [2.24, 2.45) is 10.7 Å². The highest BCUT2D eigenvalue weighted by Gasteiger charge is 1.92. The van der Waals surface area contributed by atoms with E-state index in [9.17, 15) is 0 Å². The number of methoxy groups -OCH3 is 1. The van der Waals surface area contributed by atoms with Gasteiger partial charge in [0.2, 0.25) is 0 Å². The van der Waals surface area contributed by atoms with Crippen LogP contribution >= 0.6 is 12.0 Å². The second-order valence-corrected chi connectivity index (χ2v) is 2.53. The molecule has 0 aliphatic rings. The number of rotatable bonds is 5. The van der Waals surface area contributed by atoms with E-state index in [1.165, 1.54) is 0 Å². The molecule has 0 aromatic carbocycles. The molecule has 0 atom stereocenters. The average Bonchev–Trinajstić information content (AvgIpc) is 1.99. The molecule has 0 spiro atoms. The third kappa shape index (κ3) is 7.64. The van der Waals surface area contributed by atoms with Gasteiger partial charge in [-0.1, -0.05) is 0 Å². The first-order valence-electron chi connectivity index (χ1n) is 3.39. The molecule has 0 amide bonds. The van der Waals surface area contributed by atoms with Crippen molar-refractivity contribution in [2.75, 3.05) is 26.9 Å². The number of ether oxygens (including phenoxy) is 1. The molecule has 0 heterocycles. The van der Waals surface area contributed by atoms with Crippen molar-refractivity contribution in [2.45, 2.75) is 6.92 Å². The summed E-state index contributed by atoms with van der Waals surface area (Å²) in [5.41, 5.74) is 5.41. The van der Waals surface area contributed by atoms with Crippen LogP contribution in [0.25, 0.3) is 0 Å². The minimum Gasteiger partial charge on any atom is -0.382 e. The van der Waals surface area contributed by atoms with Crippen LogP contribution in [0.2, 0.25) is 0 Å². The lowest BCUT2D eigenvalue weighted by Crippen LogP contribution is -2.09. The predicted octanol–water partition coefficient (Wildman–Crippen LogP) is 0.632. The van der Waals surface area contributed by atoms with Crippen LogP contribution in [0.4, 0.5) is 0 Å². The molecule has 0 saturated heterocycles. The van der Waals surface area contributed by atoms with Crippen molar-refractivity contribution in [1.29, 1.82) is 0 Å². The molecule has 0 aromatic rings. The lowest BCUT2D eigenvalue weighted by Gasteiger charge is -1.99. The molecule has 0 aromatic heterocycles. The van der Waals surface area contributed by atoms with Gasteiger partial charge in [-0.05, 0) is 6.92 Å². The van der Waals surface area contributed by atoms with Crippen LogP contribution < -0.4 is 5.73 Å². The summed E-state index contributed by atoms with van der Waals surface area (Å²) in [6.07, 6.45) is 0. The second-order valence-electron chi connectivity index (χ2n) is 1.71. The minimum absolute atomic E-state index is 0.462. The quantitative estimate of drug-likeness (QED) is 0.290. The van der Waals surface area contributed by atoms with Gasteiger partial charge in [-0.15, -0.1) is 0 Å². The van der Waals surface area contributed by atoms with E-state index in [-0.39, 0.29) is 0 Å². The normalized spacial score (nSPS) is 12.0. The summed E-state index contributed by atoms with van der Waals surface area (Å²) in [7, 11) is 1.62. The predicted molar refractivity (Wildman–Crippen MR) is 47.6 cm³/mol. The number of nitrogens with zero attached hydrogens (tertiary/aromatic N) is 1. The van der Waals surface area contributed by atoms with Gasteiger partial charge in [0.25, 0.3) is 0 Å². The maximum Gasteiger partial charge on any atom is 0.181 e. The van der Waals surface area contributed by atoms with Gasteiger partial charge in [0.1, 0.15) is 0 Å². The molecule has 0 aliphatic carbocycles. The number of nitrogens with two attached hydrogens (primary N) is 1. The number of amidine groups is 1. The molecule has 4 nitrogen and oxygen atoms in total. The monoisotopic (exact) mass is 178 g/mol. The summed E-state index contributed by atoms with van der Waals surface area (Å²) < 4.78 is 9.79. The maximum atomic E-state index is 5.41. The molecule has 0 unspecified atom stereocenters. The molecule has 0 rings (SSSR count). The molecule has 0 radical (unpaired) electrons. The molecule has 0 aliphatic heterocycles. The Morgan fingerprint density at radius 1 is 1.55 bits per heavy atom. The summed E-state index contributed by atoms with van der Waals surface area (Å²) in [6, 6.07) is 0. The first-order valence-corrected chi connectivity index (χ1v) is 4.13. The van der Waals surface area contributed by atoms with Gasteiger partial charge in [0, 0.05) is 13.7 Å². The Hall–Kier alpha value is -0.260. The molecule has 66 valence electrons.